The van der Waals surface area contributed by atoms with E-state index in [2.05, 4.69) is 36.4 Å². The van der Waals surface area contributed by atoms with Crippen LogP contribution in [0.25, 0.3) is 0 Å². The second kappa shape index (κ2) is 9.29. The van der Waals surface area contributed by atoms with Crippen molar-refractivity contribution in [2.24, 2.45) is 0 Å². The van der Waals surface area contributed by atoms with E-state index in [0.717, 1.165) is 19.4 Å². The van der Waals surface area contributed by atoms with E-state index in [4.69, 9.17) is 16.9 Å². The van der Waals surface area contributed by atoms with Crippen molar-refractivity contribution in [3.8, 4) is 6.07 Å². The van der Waals surface area contributed by atoms with Gasteiger partial charge in [0.15, 0.2) is 0 Å². The first-order chi connectivity index (χ1) is 10.4. The predicted octanol–water partition coefficient (Wildman–Crippen LogP) is 3.45. The van der Waals surface area contributed by atoms with Crippen LogP contribution in [0.4, 0.5) is 10.5 Å². The molecule has 1 rings (SSSR count). The van der Waals surface area contributed by atoms with Crippen LogP contribution in [-0.2, 0) is 0 Å². The van der Waals surface area contributed by atoms with Crippen molar-refractivity contribution in [3.05, 3.63) is 28.8 Å². The van der Waals surface area contributed by atoms with E-state index in [9.17, 15) is 4.79 Å². The zero-order chi connectivity index (χ0) is 16.5. The molecule has 0 saturated carbocycles. The first-order valence-electron chi connectivity index (χ1n) is 7.38. The van der Waals surface area contributed by atoms with E-state index in [1.54, 1.807) is 18.2 Å². The normalized spacial score (nSPS) is 10.6. The molecule has 2 amide bonds. The molecule has 5 nitrogen and oxygen atoms in total. The van der Waals surface area contributed by atoms with Gasteiger partial charge in [-0.25, -0.2) is 4.79 Å². The molecule has 0 aromatic heterocycles. The maximum Gasteiger partial charge on any atom is 0.319 e. The van der Waals surface area contributed by atoms with Crippen molar-refractivity contribution in [1.29, 1.82) is 5.26 Å². The highest BCUT2D eigenvalue weighted by Crippen LogP contribution is 2.19. The number of halogens is 1. The molecule has 0 unspecified atom stereocenters. The second-order valence-electron chi connectivity index (χ2n) is 5.47. The average molecular weight is 323 g/mol. The van der Waals surface area contributed by atoms with Crippen LogP contribution in [0.15, 0.2) is 18.2 Å². The number of carbonyl (C=O) groups excluding carboxylic acids is 1. The molecule has 2 N–H and O–H groups in total. The molecule has 0 atom stereocenters. The Bertz CT molecular complexity index is 539. The first kappa shape index (κ1) is 18.3. The van der Waals surface area contributed by atoms with Crippen LogP contribution in [0, 0.1) is 11.3 Å². The van der Waals surface area contributed by atoms with Crippen molar-refractivity contribution in [2.45, 2.75) is 32.7 Å². The van der Waals surface area contributed by atoms with Crippen molar-refractivity contribution < 1.29 is 4.79 Å². The van der Waals surface area contributed by atoms with Gasteiger partial charge in [-0.1, -0.05) is 11.6 Å². The average Bonchev–Trinajstić information content (AvgIpc) is 2.46. The summed E-state index contributed by atoms with van der Waals surface area (Å²) in [6.07, 6.45) is 1.97. The van der Waals surface area contributed by atoms with Crippen LogP contribution in [0.2, 0.25) is 5.02 Å². The maximum atomic E-state index is 11.7. The summed E-state index contributed by atoms with van der Waals surface area (Å²) >= 11 is 5.91. The molecule has 0 saturated heterocycles. The summed E-state index contributed by atoms with van der Waals surface area (Å²) in [6, 6.07) is 7.05. The van der Waals surface area contributed by atoms with Crippen molar-refractivity contribution >= 4 is 23.3 Å². The van der Waals surface area contributed by atoms with E-state index in [-0.39, 0.29) is 6.03 Å². The summed E-state index contributed by atoms with van der Waals surface area (Å²) in [5, 5.41) is 14.6. The number of nitrogens with zero attached hydrogens (tertiary/aromatic N) is 2. The number of nitriles is 1. The fourth-order valence-electron chi connectivity index (χ4n) is 1.81. The van der Waals surface area contributed by atoms with Crippen molar-refractivity contribution in [1.82, 2.24) is 10.2 Å². The maximum absolute atomic E-state index is 11.7. The molecule has 22 heavy (non-hydrogen) atoms. The minimum atomic E-state index is -0.266. The summed E-state index contributed by atoms with van der Waals surface area (Å²) in [7, 11) is 2.10. The number of unbranched alkanes of at least 4 members (excludes halogenated alkanes) is 1. The molecule has 0 radical (unpaired) electrons. The Kier molecular flexibility index (Phi) is 7.72. The molecule has 0 heterocycles. The van der Waals surface area contributed by atoms with Gasteiger partial charge in [0, 0.05) is 18.3 Å². The summed E-state index contributed by atoms with van der Waals surface area (Å²) in [5.41, 5.74) is 0.961. The Hall–Kier alpha value is -1.77. The predicted molar refractivity (Wildman–Crippen MR) is 90.2 cm³/mol. The van der Waals surface area contributed by atoms with E-state index in [0.29, 0.717) is 28.9 Å². The monoisotopic (exact) mass is 322 g/mol. The van der Waals surface area contributed by atoms with Gasteiger partial charge in [-0.15, -0.1) is 0 Å². The Labute approximate surface area is 137 Å². The third kappa shape index (κ3) is 6.33. The SMILES string of the molecule is CC(C)N(C)CCCCNC(=O)Nc1ccc(C#N)c(Cl)c1. The first-order valence-corrected chi connectivity index (χ1v) is 7.76. The van der Waals surface area contributed by atoms with E-state index in [1.165, 1.54) is 0 Å². The molecule has 0 aliphatic heterocycles. The molecule has 0 bridgehead atoms. The topological polar surface area (TPSA) is 68.2 Å². The van der Waals surface area contributed by atoms with Crippen molar-refractivity contribution in [2.75, 3.05) is 25.5 Å². The van der Waals surface area contributed by atoms with E-state index < -0.39 is 0 Å². The zero-order valence-corrected chi connectivity index (χ0v) is 14.1. The number of urea groups is 1. The Morgan fingerprint density at radius 1 is 1.41 bits per heavy atom. The molecule has 6 heteroatoms. The minimum absolute atomic E-state index is 0.266. The Morgan fingerprint density at radius 3 is 2.73 bits per heavy atom. The van der Waals surface area contributed by atoms with E-state index >= 15 is 0 Å². The standard InChI is InChI=1S/C16H23ClN4O/c1-12(2)21(3)9-5-4-8-19-16(22)20-14-7-6-13(11-18)15(17)10-14/h6-7,10,12H,4-5,8-9H2,1-3H3,(H2,19,20,22). The fraction of sp³-hybridized carbons (Fsp3) is 0.500. The van der Waals surface area contributed by atoms with E-state index in [1.807, 2.05) is 6.07 Å². The highest BCUT2D eigenvalue weighted by Gasteiger charge is 2.05. The molecule has 0 aliphatic rings. The van der Waals surface area contributed by atoms with Crippen LogP contribution >= 0.6 is 11.6 Å². The number of carbonyl (C=O) groups is 1. The van der Waals surface area contributed by atoms with Gasteiger partial charge in [0.2, 0.25) is 0 Å². The number of nitrogens with one attached hydrogen (secondary N) is 2. The molecule has 0 aliphatic carbocycles. The molecule has 0 fully saturated rings. The molecule has 0 spiro atoms. The summed E-state index contributed by atoms with van der Waals surface area (Å²) in [6.45, 7) is 5.97. The number of anilines is 1. The summed E-state index contributed by atoms with van der Waals surface area (Å²) in [5.74, 6) is 0. The van der Waals surface area contributed by atoms with Crippen LogP contribution in [0.3, 0.4) is 0 Å². The number of hydrogen-bond acceptors (Lipinski definition) is 3. The third-order valence-corrected chi connectivity index (χ3v) is 3.76. The molecule has 120 valence electrons. The highest BCUT2D eigenvalue weighted by atomic mass is 35.5. The third-order valence-electron chi connectivity index (χ3n) is 3.45. The zero-order valence-electron chi connectivity index (χ0n) is 13.3. The van der Waals surface area contributed by atoms with Gasteiger partial charge in [0.25, 0.3) is 0 Å². The van der Waals surface area contributed by atoms with Crippen LogP contribution in [0.1, 0.15) is 32.3 Å². The number of hydrogen-bond donors (Lipinski definition) is 2. The van der Waals surface area contributed by atoms with Gasteiger partial charge in [-0.05, 0) is 58.5 Å². The fourth-order valence-corrected chi connectivity index (χ4v) is 2.03. The molecular formula is C16H23ClN4O. The van der Waals surface area contributed by atoms with Crippen LogP contribution in [0.5, 0.6) is 0 Å². The lowest BCUT2D eigenvalue weighted by molar-refractivity contribution is 0.250. The molecular weight excluding hydrogens is 300 g/mol. The molecule has 1 aromatic rings. The summed E-state index contributed by atoms with van der Waals surface area (Å²) < 4.78 is 0. The smallest absolute Gasteiger partial charge is 0.319 e. The van der Waals surface area contributed by atoms with Gasteiger partial charge in [-0.2, -0.15) is 5.26 Å². The second-order valence-corrected chi connectivity index (χ2v) is 5.88. The van der Waals surface area contributed by atoms with Crippen LogP contribution in [-0.4, -0.2) is 37.1 Å². The van der Waals surface area contributed by atoms with Crippen LogP contribution < -0.4 is 10.6 Å². The quantitative estimate of drug-likeness (QED) is 0.755. The number of rotatable bonds is 7. The molecule has 1 aromatic carbocycles. The largest absolute Gasteiger partial charge is 0.338 e. The van der Waals surface area contributed by atoms with Gasteiger partial charge in [0.05, 0.1) is 10.6 Å². The summed E-state index contributed by atoms with van der Waals surface area (Å²) in [4.78, 5) is 14.0. The lowest BCUT2D eigenvalue weighted by Crippen LogP contribution is -2.31. The van der Waals surface area contributed by atoms with Crippen molar-refractivity contribution in [3.63, 3.8) is 0 Å². The number of benzene rings is 1. The van der Waals surface area contributed by atoms with Gasteiger partial charge in [0.1, 0.15) is 6.07 Å². The highest BCUT2D eigenvalue weighted by molar-refractivity contribution is 6.32. The van der Waals surface area contributed by atoms with Gasteiger partial charge in [-0.3, -0.25) is 0 Å². The number of amides is 2. The lowest BCUT2D eigenvalue weighted by Gasteiger charge is -2.20. The Morgan fingerprint density at radius 2 is 2.14 bits per heavy atom. The Balaban J connectivity index is 2.27. The van der Waals surface area contributed by atoms with Gasteiger partial charge >= 0.3 is 6.03 Å². The minimum Gasteiger partial charge on any atom is -0.338 e. The van der Waals surface area contributed by atoms with Gasteiger partial charge < -0.3 is 15.5 Å². The lowest BCUT2D eigenvalue weighted by atomic mass is 10.2.